The molecule has 0 aromatic rings. The molecule has 0 aliphatic heterocycles. The molecule has 0 radical (unpaired) electrons. The van der Waals surface area contributed by atoms with Crippen molar-refractivity contribution in [3.05, 3.63) is 12.2 Å². The van der Waals surface area contributed by atoms with Gasteiger partial charge in [-0.25, -0.2) is 0 Å². The summed E-state index contributed by atoms with van der Waals surface area (Å²) in [7, 11) is 0. The van der Waals surface area contributed by atoms with E-state index in [9.17, 15) is 19.5 Å². The first-order valence-corrected chi connectivity index (χ1v) is 8.89. The lowest BCUT2D eigenvalue weighted by Crippen LogP contribution is -2.33. The van der Waals surface area contributed by atoms with E-state index in [1.54, 1.807) is 12.2 Å². The molecule has 0 saturated carbocycles. The summed E-state index contributed by atoms with van der Waals surface area (Å²) < 4.78 is 10.4. The van der Waals surface area contributed by atoms with Crippen LogP contribution in [0.25, 0.3) is 0 Å². The first-order valence-electron chi connectivity index (χ1n) is 8.89. The molecule has 3 unspecified atom stereocenters. The summed E-state index contributed by atoms with van der Waals surface area (Å²) in [6, 6.07) is 0. The Bertz CT molecular complexity index is 503. The second kappa shape index (κ2) is 9.59. The average Bonchev–Trinajstić information content (AvgIpc) is 2.55. The van der Waals surface area contributed by atoms with Crippen LogP contribution in [-0.2, 0) is 23.9 Å². The number of aliphatic carboxylic acids is 1. The summed E-state index contributed by atoms with van der Waals surface area (Å²) >= 11 is 0. The van der Waals surface area contributed by atoms with Crippen molar-refractivity contribution >= 4 is 17.9 Å². The predicted octanol–water partition coefficient (Wildman–Crippen LogP) is 3.20. The van der Waals surface area contributed by atoms with Gasteiger partial charge in [0.05, 0.1) is 17.8 Å². The standard InChI is InChI=1S/C19H30O6/c1-5-8-15(19(2,3)4)18(23)25-12-11-24-17(22)14-10-7-6-9-13(14)16(20)21/h6-7,13-15H,5,8-12H2,1-4H3,(H,20,21). The van der Waals surface area contributed by atoms with E-state index in [-0.39, 0.29) is 30.5 Å². The third kappa shape index (κ3) is 6.52. The SMILES string of the molecule is CCCC(C(=O)OCCOC(=O)C1CC=CCC1C(=O)O)C(C)(C)C. The molecular weight excluding hydrogens is 324 g/mol. The van der Waals surface area contributed by atoms with Gasteiger partial charge in [-0.05, 0) is 24.7 Å². The van der Waals surface area contributed by atoms with Crippen molar-refractivity contribution in [2.45, 2.75) is 53.4 Å². The van der Waals surface area contributed by atoms with Gasteiger partial charge in [-0.2, -0.15) is 0 Å². The van der Waals surface area contributed by atoms with Crippen molar-refractivity contribution in [3.8, 4) is 0 Å². The van der Waals surface area contributed by atoms with Crippen LogP contribution in [0.15, 0.2) is 12.2 Å². The number of carbonyl (C=O) groups is 3. The molecule has 0 aromatic carbocycles. The van der Waals surface area contributed by atoms with Crippen LogP contribution in [0.1, 0.15) is 53.4 Å². The molecule has 0 heterocycles. The maximum Gasteiger partial charge on any atom is 0.310 e. The maximum atomic E-state index is 12.2. The number of allylic oxidation sites excluding steroid dienone is 2. The molecule has 1 N–H and O–H groups in total. The number of hydrogen-bond acceptors (Lipinski definition) is 5. The fourth-order valence-electron chi connectivity index (χ4n) is 3.03. The van der Waals surface area contributed by atoms with E-state index in [0.717, 1.165) is 12.8 Å². The van der Waals surface area contributed by atoms with Gasteiger partial charge in [0.25, 0.3) is 0 Å². The van der Waals surface area contributed by atoms with Crippen LogP contribution < -0.4 is 0 Å². The zero-order valence-electron chi connectivity index (χ0n) is 15.6. The fraction of sp³-hybridized carbons (Fsp3) is 0.737. The summed E-state index contributed by atoms with van der Waals surface area (Å²) in [5.74, 6) is -3.46. The van der Waals surface area contributed by atoms with Crippen LogP contribution in [0.5, 0.6) is 0 Å². The molecule has 25 heavy (non-hydrogen) atoms. The number of carboxylic acids is 1. The maximum absolute atomic E-state index is 12.2. The smallest absolute Gasteiger partial charge is 0.310 e. The van der Waals surface area contributed by atoms with Gasteiger partial charge in [-0.3, -0.25) is 14.4 Å². The Morgan fingerprint density at radius 1 is 1.08 bits per heavy atom. The first-order chi connectivity index (χ1) is 11.7. The molecule has 6 heteroatoms. The van der Waals surface area contributed by atoms with Crippen molar-refractivity contribution in [2.24, 2.45) is 23.2 Å². The van der Waals surface area contributed by atoms with E-state index >= 15 is 0 Å². The molecule has 0 aromatic heterocycles. The Morgan fingerprint density at radius 3 is 2.16 bits per heavy atom. The minimum Gasteiger partial charge on any atom is -0.481 e. The van der Waals surface area contributed by atoms with Crippen LogP contribution >= 0.6 is 0 Å². The van der Waals surface area contributed by atoms with E-state index in [4.69, 9.17) is 9.47 Å². The quantitative estimate of drug-likeness (QED) is 0.409. The summed E-state index contributed by atoms with van der Waals surface area (Å²) in [5.41, 5.74) is -0.188. The first kappa shape index (κ1) is 21.2. The number of esters is 2. The lowest BCUT2D eigenvalue weighted by atomic mass is 9.78. The number of carbonyl (C=O) groups excluding carboxylic acids is 2. The highest BCUT2D eigenvalue weighted by Crippen LogP contribution is 2.31. The number of ether oxygens (including phenoxy) is 2. The Labute approximate surface area is 149 Å². The Balaban J connectivity index is 2.44. The topological polar surface area (TPSA) is 89.9 Å². The molecule has 0 spiro atoms. The Morgan fingerprint density at radius 2 is 1.64 bits per heavy atom. The Hall–Kier alpha value is -1.85. The minimum absolute atomic E-state index is 0.0127. The van der Waals surface area contributed by atoms with E-state index in [1.165, 1.54) is 0 Å². The van der Waals surface area contributed by atoms with Crippen molar-refractivity contribution < 1.29 is 29.0 Å². The minimum atomic E-state index is -0.995. The molecule has 142 valence electrons. The van der Waals surface area contributed by atoms with Crippen LogP contribution in [0, 0.1) is 23.2 Å². The van der Waals surface area contributed by atoms with Crippen LogP contribution in [-0.4, -0.2) is 36.2 Å². The number of hydrogen-bond donors (Lipinski definition) is 1. The van der Waals surface area contributed by atoms with Gasteiger partial charge in [0.15, 0.2) is 0 Å². The normalized spacial score (nSPS) is 21.4. The van der Waals surface area contributed by atoms with E-state index < -0.39 is 23.8 Å². The van der Waals surface area contributed by atoms with Crippen LogP contribution in [0.4, 0.5) is 0 Å². The van der Waals surface area contributed by atoms with Gasteiger partial charge < -0.3 is 14.6 Å². The summed E-state index contributed by atoms with van der Waals surface area (Å²) in [6.07, 6.45) is 5.88. The highest BCUT2D eigenvalue weighted by Gasteiger charge is 2.35. The van der Waals surface area contributed by atoms with E-state index in [0.29, 0.717) is 12.8 Å². The largest absolute Gasteiger partial charge is 0.481 e. The van der Waals surface area contributed by atoms with Gasteiger partial charge in [0.1, 0.15) is 13.2 Å². The third-order valence-corrected chi connectivity index (χ3v) is 4.53. The summed E-state index contributed by atoms with van der Waals surface area (Å²) in [6.45, 7) is 7.94. The molecule has 1 aliphatic carbocycles. The molecule has 0 fully saturated rings. The van der Waals surface area contributed by atoms with Gasteiger partial charge in [0, 0.05) is 0 Å². The van der Waals surface area contributed by atoms with Gasteiger partial charge in [-0.1, -0.05) is 46.3 Å². The molecule has 3 atom stereocenters. The zero-order valence-corrected chi connectivity index (χ0v) is 15.6. The van der Waals surface area contributed by atoms with Crippen LogP contribution in [0.3, 0.4) is 0 Å². The lowest BCUT2D eigenvalue weighted by Gasteiger charge is -2.28. The highest BCUT2D eigenvalue weighted by atomic mass is 16.6. The van der Waals surface area contributed by atoms with Crippen molar-refractivity contribution in [2.75, 3.05) is 13.2 Å². The molecule has 1 rings (SSSR count). The third-order valence-electron chi connectivity index (χ3n) is 4.53. The summed E-state index contributed by atoms with van der Waals surface area (Å²) in [4.78, 5) is 35.5. The number of rotatable bonds is 8. The predicted molar refractivity (Wildman–Crippen MR) is 92.8 cm³/mol. The molecule has 0 amide bonds. The van der Waals surface area contributed by atoms with E-state index in [2.05, 4.69) is 0 Å². The van der Waals surface area contributed by atoms with Crippen LogP contribution in [0.2, 0.25) is 0 Å². The van der Waals surface area contributed by atoms with Crippen molar-refractivity contribution in [3.63, 3.8) is 0 Å². The van der Waals surface area contributed by atoms with E-state index in [1.807, 2.05) is 27.7 Å². The lowest BCUT2D eigenvalue weighted by molar-refractivity contribution is -0.163. The van der Waals surface area contributed by atoms with Gasteiger partial charge in [0.2, 0.25) is 0 Å². The molecular formula is C19H30O6. The van der Waals surface area contributed by atoms with Gasteiger partial charge in [-0.15, -0.1) is 0 Å². The molecule has 0 bridgehead atoms. The number of carboxylic acid groups (broad SMARTS) is 1. The van der Waals surface area contributed by atoms with Crippen molar-refractivity contribution in [1.82, 2.24) is 0 Å². The zero-order chi connectivity index (χ0) is 19.0. The fourth-order valence-corrected chi connectivity index (χ4v) is 3.03. The molecule has 6 nitrogen and oxygen atoms in total. The average molecular weight is 354 g/mol. The summed E-state index contributed by atoms with van der Waals surface area (Å²) in [5, 5.41) is 9.18. The van der Waals surface area contributed by atoms with Gasteiger partial charge >= 0.3 is 17.9 Å². The Kier molecular flexibility index (Phi) is 8.13. The highest BCUT2D eigenvalue weighted by molar-refractivity contribution is 5.81. The molecule has 1 aliphatic rings. The second-order valence-electron chi connectivity index (χ2n) is 7.54. The van der Waals surface area contributed by atoms with Crippen molar-refractivity contribution in [1.29, 1.82) is 0 Å². The molecule has 0 saturated heterocycles. The monoisotopic (exact) mass is 354 g/mol. The second-order valence-corrected chi connectivity index (χ2v) is 7.54.